The van der Waals surface area contributed by atoms with E-state index in [0.29, 0.717) is 85.7 Å². The van der Waals surface area contributed by atoms with Crippen molar-refractivity contribution in [1.29, 1.82) is 0 Å². The molecule has 1 aliphatic heterocycles. The predicted octanol–water partition coefficient (Wildman–Crippen LogP) is 5.04. The highest BCUT2D eigenvalue weighted by molar-refractivity contribution is 7.89. The number of hydrogen-bond acceptors (Lipinski definition) is 28. The van der Waals surface area contributed by atoms with Crippen LogP contribution in [0.1, 0.15) is 204 Å². The van der Waals surface area contributed by atoms with E-state index in [1.54, 1.807) is 64.1 Å². The first-order valence-corrected chi connectivity index (χ1v) is 41.4. The Hall–Kier alpha value is -4.17. The van der Waals surface area contributed by atoms with E-state index in [9.17, 15) is 8.42 Å². The van der Waals surface area contributed by atoms with Crippen molar-refractivity contribution in [3.63, 3.8) is 0 Å². The first-order valence-electron chi connectivity index (χ1n) is 39.9. The second-order valence-corrected chi connectivity index (χ2v) is 27.8. The van der Waals surface area contributed by atoms with Gasteiger partial charge in [-0.3, -0.25) is 0 Å². The summed E-state index contributed by atoms with van der Waals surface area (Å²) < 4.78 is 56.1. The van der Waals surface area contributed by atoms with Gasteiger partial charge in [0.2, 0.25) is 10.0 Å². The van der Waals surface area contributed by atoms with E-state index in [4.69, 9.17) is 131 Å². The van der Waals surface area contributed by atoms with Gasteiger partial charge in [0.15, 0.2) is 6.29 Å². The number of benzene rings is 3. The highest BCUT2D eigenvalue weighted by Crippen LogP contribution is 2.31. The van der Waals surface area contributed by atoms with Crippen molar-refractivity contribution in [1.82, 2.24) is 4.31 Å². The molecule has 1 heterocycles. The molecule has 3 aromatic carbocycles. The van der Waals surface area contributed by atoms with Gasteiger partial charge in [0.1, 0.15) is 24.4 Å². The number of aliphatic hydroxyl groups is 20. The van der Waals surface area contributed by atoms with Gasteiger partial charge in [0.05, 0.1) is 136 Å². The second-order valence-electron chi connectivity index (χ2n) is 25.9. The van der Waals surface area contributed by atoms with E-state index in [1.807, 2.05) is 43.3 Å². The largest absolute Gasteiger partial charge is 0.396 e. The zero-order valence-electron chi connectivity index (χ0n) is 68.9. The number of unbranched alkanes of at least 4 members (excludes halogenated alkanes) is 18. The number of hydrogen-bond donors (Lipinski definition) is 20. The molecule has 29 nitrogen and oxygen atoms in total. The van der Waals surface area contributed by atoms with E-state index < -0.39 is 59.0 Å². The number of allylic oxidation sites excluding steroid dienone is 1. The average Bonchev–Trinajstić information content (AvgIpc) is 1.83. The molecule has 1 fully saturated rings. The van der Waals surface area contributed by atoms with Crippen LogP contribution in [-0.4, -0.2) is 309 Å². The third kappa shape index (κ3) is 88.5. The van der Waals surface area contributed by atoms with Crippen LogP contribution < -0.4 is 0 Å². The lowest BCUT2D eigenvalue weighted by Crippen LogP contribution is -2.35. The van der Waals surface area contributed by atoms with Crippen LogP contribution in [0.2, 0.25) is 0 Å². The Morgan fingerprint density at radius 2 is 0.761 bits per heavy atom. The maximum Gasteiger partial charge on any atom is 0.243 e. The minimum absolute atomic E-state index is 0.0171. The van der Waals surface area contributed by atoms with Gasteiger partial charge < -0.3 is 131 Å². The fraction of sp³-hybridized carbons (Fsp3) is 0.735. The van der Waals surface area contributed by atoms with Crippen LogP contribution in [0.3, 0.4) is 0 Å². The van der Waals surface area contributed by atoms with Crippen molar-refractivity contribution in [2.24, 2.45) is 0 Å². The SMILES string of the molecule is C=CCCCCC(O)CO.CC(O)C#CC(C)O.CC(O)COCC(C)O.Cc1ccc(S(=O)(=O)N(CCO)CCO)cc1.OCCCCCCCCCCCCO.OCCCCCCCCCO.OCCCCO.OCCOCCOCCOCCO.OC[C@@H]1OC(c2ccccc2)O[C@H]1CO.OCc1ccc(CO)cc1. The van der Waals surface area contributed by atoms with Crippen LogP contribution >= 0.6 is 0 Å². The molecular formula is C83H155NO28S. The van der Waals surface area contributed by atoms with E-state index in [1.165, 1.54) is 82.8 Å². The summed E-state index contributed by atoms with van der Waals surface area (Å²) in [6.45, 7) is 16.1. The van der Waals surface area contributed by atoms with Crippen LogP contribution in [0.5, 0.6) is 0 Å². The third-order valence-corrected chi connectivity index (χ3v) is 16.9. The van der Waals surface area contributed by atoms with Crippen molar-refractivity contribution < 1.29 is 139 Å². The molecule has 0 aromatic heterocycles. The molecule has 5 unspecified atom stereocenters. The van der Waals surface area contributed by atoms with Crippen LogP contribution in [0.15, 0.2) is 96.4 Å². The van der Waals surface area contributed by atoms with Gasteiger partial charge in [-0.1, -0.05) is 180 Å². The van der Waals surface area contributed by atoms with Gasteiger partial charge in [-0.25, -0.2) is 8.42 Å². The molecule has 0 amide bonds. The van der Waals surface area contributed by atoms with Gasteiger partial charge in [0, 0.05) is 58.3 Å². The Morgan fingerprint density at radius 1 is 0.425 bits per heavy atom. The number of aliphatic hydroxyl groups excluding tert-OH is 20. The topological polar surface area (TPSA) is 497 Å². The summed E-state index contributed by atoms with van der Waals surface area (Å²) >= 11 is 0. The van der Waals surface area contributed by atoms with Gasteiger partial charge in [-0.2, -0.15) is 4.31 Å². The Kier molecular flexibility index (Phi) is 101. The summed E-state index contributed by atoms with van der Waals surface area (Å²) in [6.07, 6.45) is 23.0. The number of nitrogens with zero attached hydrogens (tertiary/aromatic N) is 1. The Bertz CT molecular complexity index is 2390. The minimum atomic E-state index is -3.63. The smallest absolute Gasteiger partial charge is 0.243 e. The molecule has 0 spiro atoms. The molecule has 4 rings (SSSR count). The molecule has 20 N–H and O–H groups in total. The minimum Gasteiger partial charge on any atom is -0.396 e. The maximum absolute atomic E-state index is 12.1. The molecule has 1 saturated heterocycles. The van der Waals surface area contributed by atoms with E-state index in [0.717, 1.165) is 97.2 Å². The number of rotatable bonds is 53. The molecule has 666 valence electrons. The third-order valence-electron chi connectivity index (χ3n) is 15.0. The quantitative estimate of drug-likeness (QED) is 0.0200. The first kappa shape index (κ1) is 120. The lowest BCUT2D eigenvalue weighted by Gasteiger charge is -2.20. The van der Waals surface area contributed by atoms with Crippen molar-refractivity contribution in [2.75, 3.05) is 152 Å². The molecule has 0 bridgehead atoms. The normalized spacial score (nSPS) is 14.0. The van der Waals surface area contributed by atoms with Crippen LogP contribution in [0.25, 0.3) is 0 Å². The number of ether oxygens (including phenoxy) is 6. The Morgan fingerprint density at radius 3 is 1.04 bits per heavy atom. The summed E-state index contributed by atoms with van der Waals surface area (Å²) in [5, 5.41) is 172. The molecule has 1 aliphatic rings. The molecule has 0 aliphatic carbocycles. The van der Waals surface area contributed by atoms with Crippen LogP contribution in [-0.2, 0) is 51.7 Å². The highest BCUT2D eigenvalue weighted by atomic mass is 32.2. The zero-order chi connectivity index (χ0) is 86.1. The zero-order valence-corrected chi connectivity index (χ0v) is 69.7. The molecule has 3 aromatic rings. The molecule has 7 atom stereocenters. The fourth-order valence-corrected chi connectivity index (χ4v) is 10.3. The molecule has 0 radical (unpaired) electrons. The predicted molar refractivity (Wildman–Crippen MR) is 439 cm³/mol. The van der Waals surface area contributed by atoms with Gasteiger partial charge >= 0.3 is 0 Å². The summed E-state index contributed by atoms with van der Waals surface area (Å²) in [5.74, 6) is 4.80. The molecule has 113 heavy (non-hydrogen) atoms. The molecule has 30 heteroatoms. The van der Waals surface area contributed by atoms with E-state index in [-0.39, 0.29) is 90.7 Å². The van der Waals surface area contributed by atoms with E-state index >= 15 is 0 Å². The van der Waals surface area contributed by atoms with Crippen LogP contribution in [0, 0.1) is 18.8 Å². The monoisotopic (exact) mass is 1650 g/mol. The van der Waals surface area contributed by atoms with Crippen molar-refractivity contribution in [3.8, 4) is 11.8 Å². The summed E-state index contributed by atoms with van der Waals surface area (Å²) in [4.78, 5) is 0.171. The van der Waals surface area contributed by atoms with Crippen molar-refractivity contribution in [3.05, 3.63) is 114 Å². The van der Waals surface area contributed by atoms with Gasteiger partial charge in [-0.15, -0.1) is 6.58 Å². The second kappa shape index (κ2) is 95.0. The highest BCUT2D eigenvalue weighted by Gasteiger charge is 2.36. The molecule has 0 saturated carbocycles. The number of aryl methyl sites for hydroxylation is 1. The average molecular weight is 1650 g/mol. The van der Waals surface area contributed by atoms with Crippen LogP contribution in [0.4, 0.5) is 0 Å². The fourth-order valence-electron chi connectivity index (χ4n) is 8.85. The van der Waals surface area contributed by atoms with Gasteiger partial charge in [-0.05, 0) is 116 Å². The summed E-state index contributed by atoms with van der Waals surface area (Å²) in [7, 11) is -3.63. The standard InChI is InChI=1S/C12H26O2.C11H17NO4S.C11H14O4.C9H20O2.C8H18O5.C8H10O2.C8H16O2.C6H14O3.C6H10O2.C4H10O2/c13-11-9-7-5-3-1-2-4-6-8-10-12-14;1-10-2-4-11(5-3-10)17(15,16)12(6-8-13)7-9-14;12-6-9-10(7-13)15-11(14-9)8-4-2-1-3-5-8;10-8-6-4-2-1-3-5-7-9-11;9-1-3-11-5-7-13-8-6-12-4-2-10;9-5-7-1-2-8(6-10)4-3-7;1-2-3-4-5-6-8(10)7-9;1-5(7)3-9-4-6(2)8;1-5(7)3-4-6(2)8;5-3-1-2-4-6/h13-14H,1-12H2;2-5,13-14H,6-9H2,1H3;1-5,9-13H,6-7H2;10-11H,1-9H2;9-10H,1-8H2;1-4,9-10H,5-6H2;2,8-10H,1,3-7H2;5-8H,3-4H2,1-2H3;5-8H,1-2H3;5-6H,1-4H2/t;;9-,10-;;;;;;;/m..0......./s1. The number of sulfonamides is 1. The summed E-state index contributed by atoms with van der Waals surface area (Å²) in [5.41, 5.74) is 3.61. The van der Waals surface area contributed by atoms with Crippen molar-refractivity contribution >= 4 is 10.0 Å². The first-order chi connectivity index (χ1) is 54.4. The Balaban J connectivity index is -0.000000285. The summed E-state index contributed by atoms with van der Waals surface area (Å²) in [6, 6.07) is 23.1. The van der Waals surface area contributed by atoms with Gasteiger partial charge in [0.25, 0.3) is 0 Å². The lowest BCUT2D eigenvalue weighted by molar-refractivity contribution is -0.0770. The molecular weight excluding hydrogens is 1490 g/mol. The van der Waals surface area contributed by atoms with Crippen molar-refractivity contribution in [2.45, 2.75) is 249 Å². The Labute approximate surface area is 677 Å². The lowest BCUT2D eigenvalue weighted by atomic mass is 10.1. The van der Waals surface area contributed by atoms with E-state index in [2.05, 4.69) is 18.4 Å². The maximum atomic E-state index is 12.1.